The van der Waals surface area contributed by atoms with Crippen LogP contribution in [0.25, 0.3) is 10.2 Å². The molecule has 4 nitrogen and oxygen atoms in total. The Bertz CT molecular complexity index is 791. The molecule has 0 radical (unpaired) electrons. The van der Waals surface area contributed by atoms with Gasteiger partial charge in [0.2, 0.25) is 0 Å². The van der Waals surface area contributed by atoms with Gasteiger partial charge in [0, 0.05) is 18.1 Å². The summed E-state index contributed by atoms with van der Waals surface area (Å²) in [6.45, 7) is 1.13. The standard InChI is InChI=1S/C14H13F3N4S/c1-9-20-11-3-2-10(6-12(11)22-9)19-7-13-18-4-5-21(13)8-14(15,16)17/h2-6,19H,7-8H2,1H3. The maximum atomic E-state index is 12.5. The van der Waals surface area contributed by atoms with Crippen molar-refractivity contribution in [3.8, 4) is 0 Å². The van der Waals surface area contributed by atoms with E-state index in [9.17, 15) is 13.2 Å². The minimum atomic E-state index is -4.26. The van der Waals surface area contributed by atoms with Gasteiger partial charge in [0.15, 0.2) is 0 Å². The van der Waals surface area contributed by atoms with Crippen LogP contribution in [0.3, 0.4) is 0 Å². The Kier molecular flexibility index (Phi) is 3.78. The molecule has 3 rings (SSSR count). The molecule has 2 heterocycles. The molecule has 0 saturated carbocycles. The largest absolute Gasteiger partial charge is 0.406 e. The van der Waals surface area contributed by atoms with E-state index in [1.54, 1.807) is 11.3 Å². The Labute approximate surface area is 128 Å². The normalized spacial score (nSPS) is 12.0. The number of benzene rings is 1. The van der Waals surface area contributed by atoms with Gasteiger partial charge in [-0.1, -0.05) is 0 Å². The van der Waals surface area contributed by atoms with Gasteiger partial charge in [-0.05, 0) is 25.1 Å². The van der Waals surface area contributed by atoms with Gasteiger partial charge in [-0.15, -0.1) is 11.3 Å². The quantitative estimate of drug-likeness (QED) is 0.789. The maximum absolute atomic E-state index is 12.5. The first kappa shape index (κ1) is 14.8. The average Bonchev–Trinajstić information content (AvgIpc) is 2.99. The topological polar surface area (TPSA) is 42.7 Å². The summed E-state index contributed by atoms with van der Waals surface area (Å²) in [4.78, 5) is 8.34. The van der Waals surface area contributed by atoms with Crippen LogP contribution in [0.4, 0.5) is 18.9 Å². The lowest BCUT2D eigenvalue weighted by Crippen LogP contribution is -2.20. The Morgan fingerprint density at radius 3 is 2.91 bits per heavy atom. The van der Waals surface area contributed by atoms with Crippen molar-refractivity contribution in [3.05, 3.63) is 41.4 Å². The molecule has 1 aromatic carbocycles. The summed E-state index contributed by atoms with van der Waals surface area (Å²) in [6.07, 6.45) is -1.55. The van der Waals surface area contributed by atoms with Crippen molar-refractivity contribution in [3.63, 3.8) is 0 Å². The van der Waals surface area contributed by atoms with Crippen molar-refractivity contribution in [2.24, 2.45) is 0 Å². The second-order valence-electron chi connectivity index (χ2n) is 4.86. The molecule has 2 aromatic heterocycles. The maximum Gasteiger partial charge on any atom is 0.406 e. The van der Waals surface area contributed by atoms with Crippen LogP contribution < -0.4 is 5.32 Å². The van der Waals surface area contributed by atoms with E-state index in [2.05, 4.69) is 15.3 Å². The summed E-state index contributed by atoms with van der Waals surface area (Å²) >= 11 is 1.58. The number of aromatic nitrogens is 3. The van der Waals surface area contributed by atoms with E-state index in [-0.39, 0.29) is 6.54 Å². The molecule has 0 amide bonds. The van der Waals surface area contributed by atoms with E-state index in [1.807, 2.05) is 25.1 Å². The van der Waals surface area contributed by atoms with Gasteiger partial charge < -0.3 is 9.88 Å². The second kappa shape index (κ2) is 5.60. The summed E-state index contributed by atoms with van der Waals surface area (Å²) in [5.41, 5.74) is 1.75. The predicted octanol–water partition coefficient (Wildman–Crippen LogP) is 3.98. The molecule has 0 fully saturated rings. The van der Waals surface area contributed by atoms with Crippen LogP contribution in [0, 0.1) is 6.92 Å². The van der Waals surface area contributed by atoms with Crippen molar-refractivity contribution < 1.29 is 13.2 Å². The number of nitrogens with zero attached hydrogens (tertiary/aromatic N) is 3. The van der Waals surface area contributed by atoms with Crippen molar-refractivity contribution >= 4 is 27.2 Å². The first-order valence-electron chi connectivity index (χ1n) is 6.58. The molecule has 116 valence electrons. The molecule has 1 N–H and O–H groups in total. The summed E-state index contributed by atoms with van der Waals surface area (Å²) in [6, 6.07) is 5.69. The molecule has 22 heavy (non-hydrogen) atoms. The lowest BCUT2D eigenvalue weighted by molar-refractivity contribution is -0.141. The number of imidazole rings is 1. The Morgan fingerprint density at radius 1 is 1.32 bits per heavy atom. The highest BCUT2D eigenvalue weighted by molar-refractivity contribution is 7.18. The number of rotatable bonds is 4. The summed E-state index contributed by atoms with van der Waals surface area (Å²) in [7, 11) is 0. The number of nitrogens with one attached hydrogen (secondary N) is 1. The molecule has 0 aliphatic rings. The number of alkyl halides is 3. The van der Waals surface area contributed by atoms with Crippen LogP contribution >= 0.6 is 11.3 Å². The van der Waals surface area contributed by atoms with E-state index < -0.39 is 12.7 Å². The minimum Gasteiger partial charge on any atom is -0.378 e. The molecule has 0 unspecified atom stereocenters. The number of fused-ring (bicyclic) bond motifs is 1. The van der Waals surface area contributed by atoms with Crippen LogP contribution in [0.5, 0.6) is 0 Å². The number of thiazole rings is 1. The van der Waals surface area contributed by atoms with Gasteiger partial charge in [-0.25, -0.2) is 9.97 Å². The summed E-state index contributed by atoms with van der Waals surface area (Å²) < 4.78 is 39.5. The van der Waals surface area contributed by atoms with E-state index >= 15 is 0 Å². The fourth-order valence-electron chi connectivity index (χ4n) is 2.18. The van der Waals surface area contributed by atoms with E-state index in [1.165, 1.54) is 12.4 Å². The molecular formula is C14H13F3N4S. The highest BCUT2D eigenvalue weighted by atomic mass is 32.1. The SMILES string of the molecule is Cc1nc2ccc(NCc3nccn3CC(F)(F)F)cc2s1. The van der Waals surface area contributed by atoms with Gasteiger partial charge in [0.1, 0.15) is 12.4 Å². The Hall–Kier alpha value is -2.09. The molecule has 0 aliphatic heterocycles. The summed E-state index contributed by atoms with van der Waals surface area (Å²) in [5, 5.41) is 4.08. The van der Waals surface area contributed by atoms with Crippen LogP contribution in [0.2, 0.25) is 0 Å². The Morgan fingerprint density at radius 2 is 2.14 bits per heavy atom. The molecule has 0 saturated heterocycles. The van der Waals surface area contributed by atoms with Gasteiger partial charge >= 0.3 is 6.18 Å². The van der Waals surface area contributed by atoms with Crippen LogP contribution in [-0.4, -0.2) is 20.7 Å². The van der Waals surface area contributed by atoms with Crippen molar-refractivity contribution in [1.82, 2.24) is 14.5 Å². The van der Waals surface area contributed by atoms with Gasteiger partial charge in [-0.2, -0.15) is 13.2 Å². The monoisotopic (exact) mass is 326 g/mol. The third kappa shape index (κ3) is 3.38. The third-order valence-corrected chi connectivity index (χ3v) is 4.03. The average molecular weight is 326 g/mol. The molecule has 8 heteroatoms. The fourth-order valence-corrected chi connectivity index (χ4v) is 3.04. The van der Waals surface area contributed by atoms with Gasteiger partial charge in [0.25, 0.3) is 0 Å². The van der Waals surface area contributed by atoms with Gasteiger partial charge in [-0.3, -0.25) is 0 Å². The van der Waals surface area contributed by atoms with Crippen LogP contribution in [0.1, 0.15) is 10.8 Å². The highest BCUT2D eigenvalue weighted by Gasteiger charge is 2.28. The van der Waals surface area contributed by atoms with E-state index in [4.69, 9.17) is 0 Å². The van der Waals surface area contributed by atoms with Gasteiger partial charge in [0.05, 0.1) is 21.8 Å². The number of hydrogen-bond donors (Lipinski definition) is 1. The zero-order valence-electron chi connectivity index (χ0n) is 11.7. The molecule has 3 aromatic rings. The summed E-state index contributed by atoms with van der Waals surface area (Å²) in [5.74, 6) is 0.345. The predicted molar refractivity (Wildman–Crippen MR) is 80.0 cm³/mol. The molecule has 0 bridgehead atoms. The minimum absolute atomic E-state index is 0.229. The number of anilines is 1. The van der Waals surface area contributed by atoms with Crippen molar-refractivity contribution in [2.45, 2.75) is 26.2 Å². The first-order valence-corrected chi connectivity index (χ1v) is 7.40. The van der Waals surface area contributed by atoms with Crippen molar-refractivity contribution in [2.75, 3.05) is 5.32 Å². The van der Waals surface area contributed by atoms with Crippen LogP contribution in [0.15, 0.2) is 30.6 Å². The molecule has 0 spiro atoms. The third-order valence-electron chi connectivity index (χ3n) is 3.10. The van der Waals surface area contributed by atoms with E-state index in [0.717, 1.165) is 25.5 Å². The second-order valence-corrected chi connectivity index (χ2v) is 6.09. The van der Waals surface area contributed by atoms with E-state index in [0.29, 0.717) is 5.82 Å². The zero-order valence-corrected chi connectivity index (χ0v) is 12.5. The molecular weight excluding hydrogens is 313 g/mol. The lowest BCUT2D eigenvalue weighted by Gasteiger charge is -2.11. The van der Waals surface area contributed by atoms with Crippen molar-refractivity contribution in [1.29, 1.82) is 0 Å². The number of hydrogen-bond acceptors (Lipinski definition) is 4. The number of halogens is 3. The fraction of sp³-hybridized carbons (Fsp3) is 0.286. The molecule has 0 atom stereocenters. The lowest BCUT2D eigenvalue weighted by atomic mass is 10.3. The first-order chi connectivity index (χ1) is 10.4. The van der Waals surface area contributed by atoms with Crippen LogP contribution in [-0.2, 0) is 13.1 Å². The zero-order chi connectivity index (χ0) is 15.7. The smallest absolute Gasteiger partial charge is 0.378 e. The number of aryl methyl sites for hydroxylation is 1. The Balaban J connectivity index is 1.72. The highest BCUT2D eigenvalue weighted by Crippen LogP contribution is 2.25. The molecule has 0 aliphatic carbocycles.